The zero-order valence-electron chi connectivity index (χ0n) is 9.27. The second kappa shape index (κ2) is 3.50. The topological polar surface area (TPSA) is 71.4 Å². The second-order valence-corrected chi connectivity index (χ2v) is 4.28. The molecule has 18 heavy (non-hydrogen) atoms. The third kappa shape index (κ3) is 1.43. The fourth-order valence-corrected chi connectivity index (χ4v) is 2.18. The zero-order valence-corrected chi connectivity index (χ0v) is 9.27. The second-order valence-electron chi connectivity index (χ2n) is 4.28. The Morgan fingerprint density at radius 1 is 0.833 bits per heavy atom. The van der Waals surface area contributed by atoms with Gasteiger partial charge in [-0.05, 0) is 35.0 Å². The van der Waals surface area contributed by atoms with Gasteiger partial charge in [-0.1, -0.05) is 6.07 Å². The van der Waals surface area contributed by atoms with Crippen LogP contribution in [-0.4, -0.2) is 22.5 Å². The van der Waals surface area contributed by atoms with Crippen LogP contribution in [0.5, 0.6) is 5.75 Å². The van der Waals surface area contributed by atoms with Crippen molar-refractivity contribution >= 4 is 28.1 Å². The molecule has 88 valence electrons. The van der Waals surface area contributed by atoms with Gasteiger partial charge in [0.05, 0.1) is 6.42 Å². The van der Waals surface area contributed by atoms with Gasteiger partial charge in [0.2, 0.25) is 11.6 Å². The van der Waals surface area contributed by atoms with Crippen LogP contribution in [0.1, 0.15) is 27.1 Å². The Kier molecular flexibility index (Phi) is 2.07. The third-order valence-corrected chi connectivity index (χ3v) is 3.08. The average molecular weight is 240 g/mol. The maximum Gasteiger partial charge on any atom is 0.229 e. The van der Waals surface area contributed by atoms with E-state index in [-0.39, 0.29) is 29.1 Å². The van der Waals surface area contributed by atoms with Gasteiger partial charge in [-0.3, -0.25) is 14.4 Å². The molecule has 0 saturated heterocycles. The highest BCUT2D eigenvalue weighted by Gasteiger charge is 2.30. The highest BCUT2D eigenvalue weighted by Crippen LogP contribution is 2.27. The van der Waals surface area contributed by atoms with E-state index in [1.807, 2.05) is 0 Å². The number of carbonyl (C=O) groups is 3. The number of ketones is 3. The van der Waals surface area contributed by atoms with Crippen LogP contribution in [0.3, 0.4) is 0 Å². The summed E-state index contributed by atoms with van der Waals surface area (Å²) in [7, 11) is 0. The number of rotatable bonds is 0. The van der Waals surface area contributed by atoms with Gasteiger partial charge < -0.3 is 5.11 Å². The highest BCUT2D eigenvalue weighted by molar-refractivity contribution is 6.51. The van der Waals surface area contributed by atoms with E-state index in [1.54, 1.807) is 12.1 Å². The lowest BCUT2D eigenvalue weighted by Crippen LogP contribution is -2.26. The Bertz CT molecular complexity index is 728. The van der Waals surface area contributed by atoms with E-state index in [2.05, 4.69) is 0 Å². The number of hydrogen-bond donors (Lipinski definition) is 1. The van der Waals surface area contributed by atoms with Crippen molar-refractivity contribution < 1.29 is 19.5 Å². The number of benzene rings is 2. The van der Waals surface area contributed by atoms with Crippen molar-refractivity contribution in [2.24, 2.45) is 0 Å². The van der Waals surface area contributed by atoms with Crippen LogP contribution in [0.2, 0.25) is 0 Å². The molecule has 0 atom stereocenters. The molecule has 2 aromatic carbocycles. The summed E-state index contributed by atoms with van der Waals surface area (Å²) in [4.78, 5) is 34.8. The highest BCUT2D eigenvalue weighted by atomic mass is 16.3. The number of fused-ring (bicyclic) bond motifs is 2. The predicted octanol–water partition coefficient (Wildman–Crippen LogP) is 1.88. The van der Waals surface area contributed by atoms with Crippen molar-refractivity contribution in [1.82, 2.24) is 0 Å². The molecule has 2 aromatic rings. The number of Topliss-reactive ketones (excluding diaryl/α,β-unsaturated/α-hetero) is 3. The van der Waals surface area contributed by atoms with Crippen LogP contribution in [-0.2, 0) is 4.79 Å². The Balaban J connectivity index is 2.36. The molecule has 4 nitrogen and oxygen atoms in total. The minimum atomic E-state index is -0.661. The lowest BCUT2D eigenvalue weighted by Gasteiger charge is -2.13. The fourth-order valence-electron chi connectivity index (χ4n) is 2.18. The predicted molar refractivity (Wildman–Crippen MR) is 63.9 cm³/mol. The Morgan fingerprint density at radius 2 is 1.56 bits per heavy atom. The maximum atomic E-state index is 11.7. The molecule has 0 unspecified atom stereocenters. The smallest absolute Gasteiger partial charge is 0.229 e. The molecule has 0 bridgehead atoms. The largest absolute Gasteiger partial charge is 0.508 e. The van der Waals surface area contributed by atoms with Gasteiger partial charge in [-0.15, -0.1) is 0 Å². The van der Waals surface area contributed by atoms with Crippen molar-refractivity contribution in [2.45, 2.75) is 6.42 Å². The summed E-state index contributed by atoms with van der Waals surface area (Å²) < 4.78 is 0. The molecule has 0 saturated carbocycles. The molecule has 0 amide bonds. The van der Waals surface area contributed by atoms with Gasteiger partial charge in [0.25, 0.3) is 0 Å². The first-order chi connectivity index (χ1) is 8.56. The first-order valence-corrected chi connectivity index (χ1v) is 5.44. The summed E-state index contributed by atoms with van der Waals surface area (Å²) in [5.41, 5.74) is 0.423. The summed E-state index contributed by atoms with van der Waals surface area (Å²) in [6.07, 6.45) is -0.365. The van der Waals surface area contributed by atoms with E-state index in [4.69, 9.17) is 0 Å². The SMILES string of the molecule is O=C1CC(=O)c2cc3cc(O)ccc3cc2C1=O. The molecule has 0 radical (unpaired) electrons. The van der Waals surface area contributed by atoms with E-state index >= 15 is 0 Å². The molecule has 0 spiro atoms. The molecule has 3 rings (SSSR count). The molecule has 4 heteroatoms. The quantitative estimate of drug-likeness (QED) is 0.563. The zero-order chi connectivity index (χ0) is 12.9. The number of aromatic hydroxyl groups is 1. The maximum absolute atomic E-state index is 11.7. The molecule has 1 N–H and O–H groups in total. The molecular weight excluding hydrogens is 232 g/mol. The molecule has 0 fully saturated rings. The molecule has 1 aliphatic rings. The third-order valence-electron chi connectivity index (χ3n) is 3.08. The Labute approximate surface area is 102 Å². The molecular formula is C14H8O4. The van der Waals surface area contributed by atoms with Crippen molar-refractivity contribution in [3.8, 4) is 5.75 Å². The molecule has 0 heterocycles. The van der Waals surface area contributed by atoms with Gasteiger partial charge >= 0.3 is 0 Å². The molecule has 0 aromatic heterocycles. The fraction of sp³-hybridized carbons (Fsp3) is 0.0714. The lowest BCUT2D eigenvalue weighted by molar-refractivity contribution is -0.114. The van der Waals surface area contributed by atoms with Gasteiger partial charge in [0.1, 0.15) is 5.75 Å². The molecule has 0 aliphatic heterocycles. The van der Waals surface area contributed by atoms with Crippen molar-refractivity contribution in [3.63, 3.8) is 0 Å². The normalized spacial score (nSPS) is 15.0. The van der Waals surface area contributed by atoms with Gasteiger partial charge in [0, 0.05) is 11.1 Å². The van der Waals surface area contributed by atoms with E-state index < -0.39 is 11.6 Å². The average Bonchev–Trinajstić information content (AvgIpc) is 2.34. The van der Waals surface area contributed by atoms with Crippen LogP contribution in [0.4, 0.5) is 0 Å². The first kappa shape index (κ1) is 10.7. The molecule has 1 aliphatic carbocycles. The first-order valence-electron chi connectivity index (χ1n) is 5.44. The summed E-state index contributed by atoms with van der Waals surface area (Å²) in [6.45, 7) is 0. The summed E-state index contributed by atoms with van der Waals surface area (Å²) >= 11 is 0. The number of phenolic OH excluding ortho intramolecular Hbond substituents is 1. The lowest BCUT2D eigenvalue weighted by atomic mass is 9.87. The summed E-state index contributed by atoms with van der Waals surface area (Å²) in [6, 6.07) is 7.73. The minimum Gasteiger partial charge on any atom is -0.508 e. The standard InChI is InChI=1S/C14H8O4/c15-9-2-1-7-4-11-10(5-8(7)3-9)12(16)6-13(17)14(11)18/h1-5,15H,6H2. The summed E-state index contributed by atoms with van der Waals surface area (Å²) in [5.74, 6) is -1.53. The van der Waals surface area contributed by atoms with Crippen molar-refractivity contribution in [1.29, 1.82) is 0 Å². The van der Waals surface area contributed by atoms with Gasteiger partial charge in [-0.2, -0.15) is 0 Å². The van der Waals surface area contributed by atoms with E-state index in [1.165, 1.54) is 18.2 Å². The van der Waals surface area contributed by atoms with E-state index in [0.717, 1.165) is 0 Å². The number of hydrogen-bond acceptors (Lipinski definition) is 4. The van der Waals surface area contributed by atoms with Gasteiger partial charge in [-0.25, -0.2) is 0 Å². The summed E-state index contributed by atoms with van der Waals surface area (Å²) in [5, 5.41) is 10.8. The van der Waals surface area contributed by atoms with Crippen LogP contribution in [0.25, 0.3) is 10.8 Å². The van der Waals surface area contributed by atoms with Crippen LogP contribution >= 0.6 is 0 Å². The Morgan fingerprint density at radius 3 is 2.33 bits per heavy atom. The van der Waals surface area contributed by atoms with E-state index in [0.29, 0.717) is 10.8 Å². The van der Waals surface area contributed by atoms with Crippen LogP contribution in [0.15, 0.2) is 30.3 Å². The van der Waals surface area contributed by atoms with Crippen LogP contribution in [0, 0.1) is 0 Å². The monoisotopic (exact) mass is 240 g/mol. The van der Waals surface area contributed by atoms with Crippen molar-refractivity contribution in [2.75, 3.05) is 0 Å². The number of carbonyl (C=O) groups excluding carboxylic acids is 3. The Hall–Kier alpha value is -2.49. The van der Waals surface area contributed by atoms with E-state index in [9.17, 15) is 19.5 Å². The minimum absolute atomic E-state index is 0.0908. The van der Waals surface area contributed by atoms with Gasteiger partial charge in [0.15, 0.2) is 5.78 Å². The van der Waals surface area contributed by atoms with Crippen molar-refractivity contribution in [3.05, 3.63) is 41.5 Å². The van der Waals surface area contributed by atoms with Crippen LogP contribution < -0.4 is 0 Å². The number of phenols is 1.